The first-order chi connectivity index (χ1) is 6.02. The van der Waals surface area contributed by atoms with Gasteiger partial charge in [-0.1, -0.05) is 0 Å². The van der Waals surface area contributed by atoms with Gasteiger partial charge in [-0.05, 0) is 12.8 Å². The summed E-state index contributed by atoms with van der Waals surface area (Å²) in [6, 6.07) is 0. The minimum absolute atomic E-state index is 0.0340. The van der Waals surface area contributed by atoms with Crippen LogP contribution in [-0.2, 0) is 25.1 Å². The van der Waals surface area contributed by atoms with Gasteiger partial charge in [0, 0.05) is 12.8 Å². The lowest BCUT2D eigenvalue weighted by Crippen LogP contribution is -2.06. The van der Waals surface area contributed by atoms with Crippen molar-refractivity contribution in [3.8, 4) is 0 Å². The molecule has 1 atom stereocenters. The average molecular weight is 209 g/mol. The molecule has 0 saturated carbocycles. The quantitative estimate of drug-likeness (QED) is 0.486. The number of carbonyl (C=O) groups is 2. The zero-order valence-electron chi connectivity index (χ0n) is 6.73. The van der Waals surface area contributed by atoms with E-state index in [9.17, 15) is 18.4 Å². The summed E-state index contributed by atoms with van der Waals surface area (Å²) >= 11 is -2.83. The molecule has 0 radical (unpaired) electrons. The maximum Gasteiger partial charge on any atom is 0.319 e. The molecule has 0 saturated heterocycles. The number of unbranched alkanes of at least 4 members (excludes halogenated alkanes) is 1. The summed E-state index contributed by atoms with van der Waals surface area (Å²) in [7, 11) is 0. The van der Waals surface area contributed by atoms with E-state index in [1.165, 1.54) is 0 Å². The molecule has 0 aliphatic carbocycles. The van der Waals surface area contributed by atoms with Crippen LogP contribution in [0.5, 0.6) is 0 Å². The molecule has 6 nitrogen and oxygen atoms in total. The number of aliphatic carboxylic acids is 1. The number of hydrogen-bond donors (Lipinski definition) is 1. The highest BCUT2D eigenvalue weighted by atomic mass is 32.2. The Kier molecular flexibility index (Phi) is 6.07. The average Bonchev–Trinajstić information content (AvgIpc) is 1.96. The monoisotopic (exact) mass is 209 g/mol. The van der Waals surface area contributed by atoms with E-state index in [4.69, 9.17) is 5.11 Å². The van der Waals surface area contributed by atoms with Crippen molar-refractivity contribution in [1.82, 2.24) is 0 Å². The molecular weight excluding hydrogens is 200 g/mol. The minimum atomic E-state index is -2.83. The summed E-state index contributed by atoms with van der Waals surface area (Å²) in [6.07, 6.45) is 0.521. The molecule has 76 valence electrons. The number of carboxylic acids is 1. The normalized spacial score (nSPS) is 12.1. The van der Waals surface area contributed by atoms with E-state index in [1.807, 2.05) is 0 Å². The Bertz CT molecular complexity index is 213. The van der Waals surface area contributed by atoms with E-state index in [0.717, 1.165) is 0 Å². The van der Waals surface area contributed by atoms with Crippen LogP contribution in [0.1, 0.15) is 25.7 Å². The van der Waals surface area contributed by atoms with Crippen LogP contribution in [0.2, 0.25) is 0 Å². The summed E-state index contributed by atoms with van der Waals surface area (Å²) in [5.41, 5.74) is 0. The van der Waals surface area contributed by atoms with Crippen molar-refractivity contribution in [3.05, 3.63) is 0 Å². The van der Waals surface area contributed by atoms with Crippen LogP contribution < -0.4 is 0 Å². The van der Waals surface area contributed by atoms with Gasteiger partial charge in [0.15, 0.2) is 0 Å². The third-order valence-electron chi connectivity index (χ3n) is 1.18. The largest absolute Gasteiger partial charge is 0.740 e. The van der Waals surface area contributed by atoms with E-state index in [0.29, 0.717) is 12.8 Å². The molecule has 0 bridgehead atoms. The van der Waals surface area contributed by atoms with Crippen molar-refractivity contribution in [2.24, 2.45) is 0 Å². The van der Waals surface area contributed by atoms with E-state index < -0.39 is 23.3 Å². The number of hydrogen-bond acceptors (Lipinski definition) is 5. The minimum Gasteiger partial charge on any atom is -0.740 e. The van der Waals surface area contributed by atoms with Gasteiger partial charge < -0.3 is 13.8 Å². The summed E-state index contributed by atoms with van der Waals surface area (Å²) in [5, 5.41) is 8.21. The number of carbonyl (C=O) groups excluding carboxylic acids is 1. The number of rotatable bonds is 6. The van der Waals surface area contributed by atoms with Crippen LogP contribution in [0.25, 0.3) is 0 Å². The van der Waals surface area contributed by atoms with Crippen molar-refractivity contribution in [1.29, 1.82) is 0 Å². The van der Waals surface area contributed by atoms with Gasteiger partial charge in [-0.3, -0.25) is 9.59 Å². The zero-order chi connectivity index (χ0) is 10.3. The molecule has 0 heterocycles. The molecular formula is C6H9O6S-. The molecule has 1 N–H and O–H groups in total. The lowest BCUT2D eigenvalue weighted by Gasteiger charge is -2.04. The molecule has 0 spiro atoms. The van der Waals surface area contributed by atoms with E-state index >= 15 is 0 Å². The molecule has 0 aliphatic rings. The van der Waals surface area contributed by atoms with Gasteiger partial charge in [0.2, 0.25) is 0 Å². The summed E-state index contributed by atoms with van der Waals surface area (Å²) in [6.45, 7) is 0. The Hall–Kier alpha value is -0.950. The van der Waals surface area contributed by atoms with Crippen molar-refractivity contribution >= 4 is 23.3 Å². The van der Waals surface area contributed by atoms with Gasteiger partial charge in [0.05, 0.1) is 0 Å². The van der Waals surface area contributed by atoms with Crippen LogP contribution in [0.4, 0.5) is 0 Å². The molecule has 0 aliphatic heterocycles. The lowest BCUT2D eigenvalue weighted by atomic mass is 10.2. The molecule has 7 heteroatoms. The molecule has 0 aromatic carbocycles. The summed E-state index contributed by atoms with van der Waals surface area (Å²) in [5.74, 6) is -1.81. The van der Waals surface area contributed by atoms with Crippen LogP contribution in [0.15, 0.2) is 0 Å². The Morgan fingerprint density at radius 2 is 1.85 bits per heavy atom. The Morgan fingerprint density at radius 1 is 1.31 bits per heavy atom. The Balaban J connectivity index is 3.37. The highest BCUT2D eigenvalue weighted by Crippen LogP contribution is 2.01. The Morgan fingerprint density at radius 3 is 2.31 bits per heavy atom. The van der Waals surface area contributed by atoms with Gasteiger partial charge in [0.25, 0.3) is 0 Å². The van der Waals surface area contributed by atoms with Crippen molar-refractivity contribution in [2.45, 2.75) is 25.7 Å². The first-order valence-corrected chi connectivity index (χ1v) is 4.54. The fourth-order valence-corrected chi connectivity index (χ4v) is 0.898. The predicted molar refractivity (Wildman–Crippen MR) is 41.1 cm³/mol. The second-order valence-corrected chi connectivity index (χ2v) is 2.84. The first kappa shape index (κ1) is 12.0. The predicted octanol–water partition coefficient (Wildman–Crippen LogP) is -0.0313. The maximum absolute atomic E-state index is 10.5. The van der Waals surface area contributed by atoms with Gasteiger partial charge in [-0.25, -0.2) is 4.21 Å². The summed E-state index contributed by atoms with van der Waals surface area (Å²) in [4.78, 5) is 20.5. The second kappa shape index (κ2) is 6.55. The van der Waals surface area contributed by atoms with Crippen LogP contribution in [0.3, 0.4) is 0 Å². The molecule has 0 fully saturated rings. The maximum atomic E-state index is 10.5. The topological polar surface area (TPSA) is 104 Å². The fourth-order valence-electron chi connectivity index (χ4n) is 0.663. The number of carboxylic acid groups (broad SMARTS) is 1. The highest BCUT2D eigenvalue weighted by Gasteiger charge is 2.03. The standard InChI is InChI=1S/C6H10O6S/c7-5(8)3-1-2-4-6(9)12-13(10)11/h1-4H2,(H,7,8)(H,10,11)/p-1. The molecule has 0 rings (SSSR count). The molecule has 0 aromatic rings. The molecule has 13 heavy (non-hydrogen) atoms. The molecule has 1 unspecified atom stereocenters. The second-order valence-electron chi connectivity index (χ2n) is 2.26. The van der Waals surface area contributed by atoms with E-state index in [-0.39, 0.29) is 12.8 Å². The van der Waals surface area contributed by atoms with Gasteiger partial charge >= 0.3 is 11.9 Å². The van der Waals surface area contributed by atoms with Crippen LogP contribution >= 0.6 is 0 Å². The fraction of sp³-hybridized carbons (Fsp3) is 0.667. The third-order valence-corrected chi connectivity index (χ3v) is 1.50. The van der Waals surface area contributed by atoms with Crippen molar-refractivity contribution < 1.29 is 27.6 Å². The SMILES string of the molecule is O=C(O)CCCCC(=O)OS(=O)[O-]. The smallest absolute Gasteiger partial charge is 0.319 e. The summed E-state index contributed by atoms with van der Waals surface area (Å²) < 4.78 is 23.4. The van der Waals surface area contributed by atoms with Crippen LogP contribution in [0, 0.1) is 0 Å². The Labute approximate surface area is 77.4 Å². The molecule has 0 aromatic heterocycles. The zero-order valence-corrected chi connectivity index (χ0v) is 7.54. The van der Waals surface area contributed by atoms with E-state index in [1.54, 1.807) is 0 Å². The van der Waals surface area contributed by atoms with E-state index in [2.05, 4.69) is 4.18 Å². The first-order valence-electron chi connectivity index (χ1n) is 3.54. The van der Waals surface area contributed by atoms with Gasteiger partial charge in [-0.2, -0.15) is 0 Å². The lowest BCUT2D eigenvalue weighted by molar-refractivity contribution is -0.138. The van der Waals surface area contributed by atoms with Crippen molar-refractivity contribution in [3.63, 3.8) is 0 Å². The highest BCUT2D eigenvalue weighted by molar-refractivity contribution is 7.74. The third kappa shape index (κ3) is 8.96. The van der Waals surface area contributed by atoms with Gasteiger partial charge in [-0.15, -0.1) is 0 Å². The van der Waals surface area contributed by atoms with Gasteiger partial charge in [0.1, 0.15) is 11.4 Å². The van der Waals surface area contributed by atoms with Crippen LogP contribution in [-0.4, -0.2) is 25.8 Å². The molecule has 0 amide bonds. The van der Waals surface area contributed by atoms with Crippen molar-refractivity contribution in [2.75, 3.05) is 0 Å².